The van der Waals surface area contributed by atoms with Gasteiger partial charge < -0.3 is 29.4 Å². The maximum absolute atomic E-state index is 13.2. The van der Waals surface area contributed by atoms with E-state index in [4.69, 9.17) is 13.9 Å². The SMILES string of the molecule is CC(=O)C[C@H](NC(=O)C1CCN(C(=O)OC(C)(C)C)CC1)c1nnc([C@H](Cc2ccc(C)cc2)NC(=O)OC(C)(C)C)o1. The summed E-state index contributed by atoms with van der Waals surface area (Å²) in [6, 6.07) is 6.26. The Kier molecular flexibility index (Phi) is 10.9. The fourth-order valence-corrected chi connectivity index (χ4v) is 4.57. The Labute approximate surface area is 253 Å². The van der Waals surface area contributed by atoms with Gasteiger partial charge in [0.25, 0.3) is 0 Å². The van der Waals surface area contributed by atoms with Crippen LogP contribution < -0.4 is 10.6 Å². The second kappa shape index (κ2) is 14.0. The Morgan fingerprint density at radius 2 is 1.47 bits per heavy atom. The van der Waals surface area contributed by atoms with E-state index < -0.39 is 35.5 Å². The largest absolute Gasteiger partial charge is 0.444 e. The van der Waals surface area contributed by atoms with E-state index in [0.29, 0.717) is 32.4 Å². The summed E-state index contributed by atoms with van der Waals surface area (Å²) in [6.45, 7) is 14.9. The number of likely N-dealkylation sites (tertiary alicyclic amines) is 1. The van der Waals surface area contributed by atoms with Gasteiger partial charge in [-0.05, 0) is 73.8 Å². The highest BCUT2D eigenvalue weighted by Crippen LogP contribution is 2.25. The number of carbonyl (C=O) groups excluding carboxylic acids is 4. The number of ketones is 1. The molecule has 2 atom stereocenters. The minimum atomic E-state index is -0.850. The number of nitrogens with one attached hydrogen (secondary N) is 2. The van der Waals surface area contributed by atoms with Gasteiger partial charge in [-0.1, -0.05) is 29.8 Å². The van der Waals surface area contributed by atoms with Crippen molar-refractivity contribution in [1.82, 2.24) is 25.7 Å². The lowest BCUT2D eigenvalue weighted by Gasteiger charge is -2.33. The number of carbonyl (C=O) groups is 4. The standard InChI is InChI=1S/C31H45N5O7/c1-19-9-11-21(12-10-19)18-24(33-28(39)42-30(3,4)5)27-35-34-26(41-27)23(17-20(2)37)32-25(38)22-13-15-36(16-14-22)29(40)43-31(6,7)8/h9-12,22-24H,13-18H2,1-8H3,(H,32,38)(H,33,39)/t23-,24-/m0/s1. The number of nitrogens with zero attached hydrogens (tertiary/aromatic N) is 3. The molecule has 1 fully saturated rings. The van der Waals surface area contributed by atoms with Gasteiger partial charge in [0.15, 0.2) is 0 Å². The predicted molar refractivity (Wildman–Crippen MR) is 158 cm³/mol. The summed E-state index contributed by atoms with van der Waals surface area (Å²) in [4.78, 5) is 52.0. The third-order valence-electron chi connectivity index (χ3n) is 6.63. The Morgan fingerprint density at radius 1 is 0.907 bits per heavy atom. The number of hydrogen-bond acceptors (Lipinski definition) is 9. The molecule has 1 aliphatic rings. The number of piperidine rings is 1. The predicted octanol–water partition coefficient (Wildman–Crippen LogP) is 4.97. The van der Waals surface area contributed by atoms with Crippen LogP contribution in [0.1, 0.15) is 103 Å². The van der Waals surface area contributed by atoms with Crippen molar-refractivity contribution in [2.24, 2.45) is 5.92 Å². The number of hydrogen-bond donors (Lipinski definition) is 2. The van der Waals surface area contributed by atoms with Crippen LogP contribution in [0, 0.1) is 12.8 Å². The van der Waals surface area contributed by atoms with E-state index >= 15 is 0 Å². The zero-order valence-electron chi connectivity index (χ0n) is 26.5. The highest BCUT2D eigenvalue weighted by molar-refractivity contribution is 5.81. The van der Waals surface area contributed by atoms with Crippen molar-refractivity contribution in [1.29, 1.82) is 0 Å². The molecule has 236 valence electrons. The summed E-state index contributed by atoms with van der Waals surface area (Å²) in [5.74, 6) is -0.621. The lowest BCUT2D eigenvalue weighted by atomic mass is 9.95. The van der Waals surface area contributed by atoms with E-state index in [2.05, 4.69) is 20.8 Å². The zero-order valence-corrected chi connectivity index (χ0v) is 26.5. The maximum atomic E-state index is 13.2. The smallest absolute Gasteiger partial charge is 0.410 e. The number of benzene rings is 1. The van der Waals surface area contributed by atoms with Crippen LogP contribution in [0.5, 0.6) is 0 Å². The molecule has 43 heavy (non-hydrogen) atoms. The highest BCUT2D eigenvalue weighted by Gasteiger charge is 2.33. The molecule has 3 amide bonds. The van der Waals surface area contributed by atoms with Crippen LogP contribution in [0.25, 0.3) is 0 Å². The molecule has 1 aromatic heterocycles. The lowest BCUT2D eigenvalue weighted by molar-refractivity contribution is -0.127. The first-order valence-corrected chi connectivity index (χ1v) is 14.6. The molecule has 3 rings (SSSR count). The van der Waals surface area contributed by atoms with E-state index in [1.807, 2.05) is 52.0 Å². The van der Waals surface area contributed by atoms with Gasteiger partial charge in [-0.15, -0.1) is 10.2 Å². The van der Waals surface area contributed by atoms with Crippen LogP contribution in [0.4, 0.5) is 9.59 Å². The van der Waals surface area contributed by atoms with Crippen LogP contribution in [-0.2, 0) is 25.5 Å². The van der Waals surface area contributed by atoms with Crippen LogP contribution in [0.3, 0.4) is 0 Å². The van der Waals surface area contributed by atoms with Gasteiger partial charge in [0.05, 0.1) is 0 Å². The third-order valence-corrected chi connectivity index (χ3v) is 6.63. The molecule has 12 nitrogen and oxygen atoms in total. The molecule has 12 heteroatoms. The first-order chi connectivity index (χ1) is 20.0. The van der Waals surface area contributed by atoms with Gasteiger partial charge in [-0.3, -0.25) is 9.59 Å². The Balaban J connectivity index is 1.73. The van der Waals surface area contributed by atoms with Gasteiger partial charge in [-0.25, -0.2) is 9.59 Å². The second-order valence-corrected chi connectivity index (χ2v) is 13.1. The highest BCUT2D eigenvalue weighted by atomic mass is 16.6. The van der Waals surface area contributed by atoms with E-state index in [9.17, 15) is 19.2 Å². The zero-order chi connectivity index (χ0) is 31.9. The van der Waals surface area contributed by atoms with Crippen molar-refractivity contribution in [3.63, 3.8) is 0 Å². The molecule has 1 aliphatic heterocycles. The van der Waals surface area contributed by atoms with Crippen molar-refractivity contribution in [3.05, 3.63) is 47.2 Å². The van der Waals surface area contributed by atoms with Crippen molar-refractivity contribution < 1.29 is 33.1 Å². The molecule has 1 aromatic carbocycles. The molecule has 0 saturated carbocycles. The molecule has 0 spiro atoms. The molecular formula is C31H45N5O7. The van der Waals surface area contributed by atoms with Crippen molar-refractivity contribution >= 4 is 23.9 Å². The molecule has 0 radical (unpaired) electrons. The summed E-state index contributed by atoms with van der Waals surface area (Å²) >= 11 is 0. The summed E-state index contributed by atoms with van der Waals surface area (Å²) in [7, 11) is 0. The molecule has 2 aromatic rings. The monoisotopic (exact) mass is 599 g/mol. The number of aryl methyl sites for hydroxylation is 1. The van der Waals surface area contributed by atoms with Crippen molar-refractivity contribution in [2.75, 3.05) is 13.1 Å². The number of Topliss-reactive ketones (excluding diaryl/α,β-unsaturated/α-hetero) is 1. The summed E-state index contributed by atoms with van der Waals surface area (Å²) in [5, 5.41) is 14.0. The van der Waals surface area contributed by atoms with Crippen LogP contribution in [0.2, 0.25) is 0 Å². The summed E-state index contributed by atoms with van der Waals surface area (Å²) in [5.41, 5.74) is 0.713. The van der Waals surface area contributed by atoms with Crippen LogP contribution in [-0.4, -0.2) is 63.3 Å². The van der Waals surface area contributed by atoms with Gasteiger partial charge in [-0.2, -0.15) is 0 Å². The third kappa shape index (κ3) is 11.0. The molecule has 0 bridgehead atoms. The van der Waals surface area contributed by atoms with E-state index in [1.54, 1.807) is 25.7 Å². The maximum Gasteiger partial charge on any atom is 0.410 e. The molecule has 2 heterocycles. The van der Waals surface area contributed by atoms with Gasteiger partial charge in [0.1, 0.15) is 29.1 Å². The van der Waals surface area contributed by atoms with E-state index in [0.717, 1.165) is 11.1 Å². The Morgan fingerprint density at radius 3 is 2.00 bits per heavy atom. The minimum Gasteiger partial charge on any atom is -0.444 e. The van der Waals surface area contributed by atoms with Gasteiger partial charge >= 0.3 is 12.2 Å². The average Bonchev–Trinajstić information content (AvgIpc) is 3.37. The van der Waals surface area contributed by atoms with E-state index in [-0.39, 0.29) is 35.8 Å². The lowest BCUT2D eigenvalue weighted by Crippen LogP contribution is -2.45. The van der Waals surface area contributed by atoms with Crippen molar-refractivity contribution in [2.45, 2.75) is 104 Å². The summed E-state index contributed by atoms with van der Waals surface area (Å²) < 4.78 is 16.9. The normalized spacial score (nSPS) is 15.8. The van der Waals surface area contributed by atoms with E-state index in [1.165, 1.54) is 6.92 Å². The number of ether oxygens (including phenoxy) is 2. The quantitative estimate of drug-likeness (QED) is 0.407. The number of rotatable bonds is 9. The van der Waals surface area contributed by atoms with Crippen LogP contribution >= 0.6 is 0 Å². The van der Waals surface area contributed by atoms with Gasteiger partial charge in [0.2, 0.25) is 17.7 Å². The number of alkyl carbamates (subject to hydrolysis) is 1. The first kappa shape index (κ1) is 33.5. The Bertz CT molecular complexity index is 1270. The molecule has 0 aliphatic carbocycles. The van der Waals surface area contributed by atoms with Crippen molar-refractivity contribution in [3.8, 4) is 0 Å². The molecule has 2 N–H and O–H groups in total. The summed E-state index contributed by atoms with van der Waals surface area (Å²) in [6.07, 6.45) is 0.152. The topological polar surface area (TPSA) is 153 Å². The molecular weight excluding hydrogens is 554 g/mol. The molecule has 1 saturated heterocycles. The number of aromatic nitrogens is 2. The number of amides is 3. The average molecular weight is 600 g/mol. The van der Waals surface area contributed by atoms with Gasteiger partial charge in [0, 0.05) is 31.8 Å². The Hall–Kier alpha value is -3.96. The van der Waals surface area contributed by atoms with Crippen LogP contribution in [0.15, 0.2) is 28.7 Å². The molecule has 0 unspecified atom stereocenters. The second-order valence-electron chi connectivity index (χ2n) is 13.1. The minimum absolute atomic E-state index is 0.0494. The fraction of sp³-hybridized carbons (Fsp3) is 0.613. The first-order valence-electron chi connectivity index (χ1n) is 14.6. The fourth-order valence-electron chi connectivity index (χ4n) is 4.57.